The Hall–Kier alpha value is -0.550. The molecule has 6 nitrogen and oxygen atoms in total. The van der Waals surface area contributed by atoms with Crippen molar-refractivity contribution in [2.24, 2.45) is 0 Å². The standard InChI is InChI=1S/C9H12BrFN2O4S2/c1-12-18(14,15)5-4-13-19(16,17)9-3-2-7(11)6-8(9)10/h2-3,6,12-13H,4-5H2,1H3. The topological polar surface area (TPSA) is 92.3 Å². The predicted molar refractivity (Wildman–Crippen MR) is 72.1 cm³/mol. The number of hydrogen-bond donors (Lipinski definition) is 2. The summed E-state index contributed by atoms with van der Waals surface area (Å²) in [6.07, 6.45) is 0. The number of sulfonamides is 2. The van der Waals surface area contributed by atoms with Gasteiger partial charge < -0.3 is 0 Å². The number of rotatable bonds is 6. The molecular formula is C9H12BrFN2O4S2. The van der Waals surface area contributed by atoms with E-state index in [1.165, 1.54) is 7.05 Å². The van der Waals surface area contributed by atoms with Crippen molar-refractivity contribution < 1.29 is 21.2 Å². The Balaban J connectivity index is 2.82. The zero-order valence-corrected chi connectivity index (χ0v) is 13.1. The third-order valence-electron chi connectivity index (χ3n) is 2.16. The van der Waals surface area contributed by atoms with Crippen LogP contribution >= 0.6 is 15.9 Å². The third kappa shape index (κ3) is 4.80. The second-order valence-electron chi connectivity index (χ2n) is 3.50. The number of nitrogens with one attached hydrogen (secondary N) is 2. The molecule has 0 aromatic heterocycles. The minimum atomic E-state index is -3.89. The van der Waals surface area contributed by atoms with Crippen LogP contribution in [-0.2, 0) is 20.0 Å². The highest BCUT2D eigenvalue weighted by Gasteiger charge is 2.18. The van der Waals surface area contributed by atoms with E-state index in [2.05, 4.69) is 25.4 Å². The molecule has 0 saturated heterocycles. The van der Waals surface area contributed by atoms with E-state index in [1.54, 1.807) is 0 Å². The number of hydrogen-bond acceptors (Lipinski definition) is 4. The fourth-order valence-electron chi connectivity index (χ4n) is 1.18. The van der Waals surface area contributed by atoms with E-state index in [9.17, 15) is 21.2 Å². The molecule has 1 aromatic carbocycles. The SMILES string of the molecule is CNS(=O)(=O)CCNS(=O)(=O)c1ccc(F)cc1Br. The van der Waals surface area contributed by atoms with Gasteiger partial charge in [-0.15, -0.1) is 0 Å². The molecule has 1 rings (SSSR count). The number of benzene rings is 1. The molecule has 108 valence electrons. The molecule has 0 radical (unpaired) electrons. The molecule has 0 fully saturated rings. The molecule has 0 aliphatic rings. The first-order valence-corrected chi connectivity index (χ1v) is 8.97. The van der Waals surface area contributed by atoms with Gasteiger partial charge in [-0.05, 0) is 41.2 Å². The zero-order chi connectivity index (χ0) is 14.7. The Bertz CT molecular complexity index is 661. The Morgan fingerprint density at radius 2 is 1.89 bits per heavy atom. The number of halogens is 2. The van der Waals surface area contributed by atoms with Crippen LogP contribution in [0.25, 0.3) is 0 Å². The van der Waals surface area contributed by atoms with E-state index in [0.717, 1.165) is 18.2 Å². The summed E-state index contributed by atoms with van der Waals surface area (Å²) in [4.78, 5) is -0.157. The van der Waals surface area contributed by atoms with Crippen LogP contribution < -0.4 is 9.44 Å². The lowest BCUT2D eigenvalue weighted by Crippen LogP contribution is -2.33. The average Bonchev–Trinajstić information content (AvgIpc) is 2.27. The van der Waals surface area contributed by atoms with E-state index in [4.69, 9.17) is 0 Å². The van der Waals surface area contributed by atoms with Crippen molar-refractivity contribution >= 4 is 36.0 Å². The quantitative estimate of drug-likeness (QED) is 0.754. The molecule has 10 heteroatoms. The maximum atomic E-state index is 12.9. The first-order valence-electron chi connectivity index (χ1n) is 5.04. The Morgan fingerprint density at radius 3 is 2.42 bits per heavy atom. The van der Waals surface area contributed by atoms with Crippen molar-refractivity contribution in [3.8, 4) is 0 Å². The average molecular weight is 375 g/mol. The minimum Gasteiger partial charge on any atom is -0.218 e. The molecule has 0 unspecified atom stereocenters. The lowest BCUT2D eigenvalue weighted by molar-refractivity contribution is 0.577. The maximum Gasteiger partial charge on any atom is 0.241 e. The highest BCUT2D eigenvalue weighted by Crippen LogP contribution is 2.22. The van der Waals surface area contributed by atoms with Gasteiger partial charge in [-0.2, -0.15) is 0 Å². The van der Waals surface area contributed by atoms with Crippen LogP contribution in [0.3, 0.4) is 0 Å². The fraction of sp³-hybridized carbons (Fsp3) is 0.333. The summed E-state index contributed by atoms with van der Waals surface area (Å²) in [6, 6.07) is 3.11. The molecule has 1 aromatic rings. The summed E-state index contributed by atoms with van der Waals surface area (Å²) in [6.45, 7) is -0.282. The first-order chi connectivity index (χ1) is 8.68. The molecule has 0 saturated carbocycles. The van der Waals surface area contributed by atoms with Gasteiger partial charge in [0.1, 0.15) is 5.82 Å². The van der Waals surface area contributed by atoms with Crippen molar-refractivity contribution in [3.63, 3.8) is 0 Å². The summed E-state index contributed by atoms with van der Waals surface area (Å²) in [7, 11) is -6.15. The van der Waals surface area contributed by atoms with Gasteiger partial charge in [0.05, 0.1) is 10.6 Å². The normalized spacial score (nSPS) is 12.6. The van der Waals surface area contributed by atoms with Crippen molar-refractivity contribution in [2.45, 2.75) is 4.90 Å². The van der Waals surface area contributed by atoms with Gasteiger partial charge in [0.15, 0.2) is 0 Å². The van der Waals surface area contributed by atoms with Gasteiger partial charge in [-0.1, -0.05) is 0 Å². The second-order valence-corrected chi connectivity index (χ2v) is 8.13. The van der Waals surface area contributed by atoms with Gasteiger partial charge in [0, 0.05) is 11.0 Å². The van der Waals surface area contributed by atoms with Crippen molar-refractivity contribution in [1.29, 1.82) is 0 Å². The highest BCUT2D eigenvalue weighted by molar-refractivity contribution is 9.10. The van der Waals surface area contributed by atoms with E-state index in [-0.39, 0.29) is 21.7 Å². The summed E-state index contributed by atoms with van der Waals surface area (Å²) in [5, 5.41) is 0. The molecule has 0 aliphatic carbocycles. The maximum absolute atomic E-state index is 12.9. The van der Waals surface area contributed by atoms with Crippen LogP contribution in [0.15, 0.2) is 27.6 Å². The second kappa shape index (κ2) is 6.27. The lowest BCUT2D eigenvalue weighted by atomic mass is 10.3. The van der Waals surface area contributed by atoms with Crippen molar-refractivity contribution in [3.05, 3.63) is 28.5 Å². The van der Waals surface area contributed by atoms with Gasteiger partial charge >= 0.3 is 0 Å². The monoisotopic (exact) mass is 374 g/mol. The van der Waals surface area contributed by atoms with Gasteiger partial charge in [0.25, 0.3) is 0 Å². The van der Waals surface area contributed by atoms with E-state index < -0.39 is 25.9 Å². The summed E-state index contributed by atoms with van der Waals surface area (Å²) in [5.41, 5.74) is 0. The van der Waals surface area contributed by atoms with E-state index in [1.807, 2.05) is 0 Å². The van der Waals surface area contributed by atoms with E-state index >= 15 is 0 Å². The smallest absolute Gasteiger partial charge is 0.218 e. The Kier molecular flexibility index (Phi) is 5.44. The van der Waals surface area contributed by atoms with Crippen molar-refractivity contribution in [2.75, 3.05) is 19.3 Å². The van der Waals surface area contributed by atoms with Gasteiger partial charge in [-0.3, -0.25) is 0 Å². The summed E-state index contributed by atoms with van der Waals surface area (Å²) in [5.74, 6) is -0.967. The minimum absolute atomic E-state index is 0.0662. The Morgan fingerprint density at radius 1 is 1.26 bits per heavy atom. The van der Waals surface area contributed by atoms with Gasteiger partial charge in [-0.25, -0.2) is 30.7 Å². The largest absolute Gasteiger partial charge is 0.241 e. The molecule has 0 bridgehead atoms. The van der Waals surface area contributed by atoms with Crippen LogP contribution in [0, 0.1) is 5.82 Å². The van der Waals surface area contributed by atoms with Crippen LogP contribution in [0.4, 0.5) is 4.39 Å². The highest BCUT2D eigenvalue weighted by atomic mass is 79.9. The van der Waals surface area contributed by atoms with Crippen LogP contribution in [0.1, 0.15) is 0 Å². The third-order valence-corrected chi connectivity index (χ3v) is 5.96. The first kappa shape index (κ1) is 16.5. The van der Waals surface area contributed by atoms with Crippen LogP contribution in [0.5, 0.6) is 0 Å². The van der Waals surface area contributed by atoms with Crippen LogP contribution in [-0.4, -0.2) is 36.2 Å². The van der Waals surface area contributed by atoms with E-state index in [0.29, 0.717) is 0 Å². The Labute approximate surface area is 119 Å². The molecule has 0 heterocycles. The molecule has 0 amide bonds. The lowest BCUT2D eigenvalue weighted by Gasteiger charge is -2.08. The molecule has 0 spiro atoms. The van der Waals surface area contributed by atoms with Gasteiger partial charge in [0.2, 0.25) is 20.0 Å². The molecule has 0 aliphatic heterocycles. The van der Waals surface area contributed by atoms with Crippen LogP contribution in [0.2, 0.25) is 0 Å². The zero-order valence-electron chi connectivity index (χ0n) is 9.85. The molecular weight excluding hydrogens is 363 g/mol. The predicted octanol–water partition coefficient (Wildman–Crippen LogP) is 0.416. The molecule has 19 heavy (non-hydrogen) atoms. The molecule has 0 atom stereocenters. The van der Waals surface area contributed by atoms with Crippen molar-refractivity contribution in [1.82, 2.24) is 9.44 Å². The summed E-state index contributed by atoms with van der Waals surface area (Å²) >= 11 is 2.94. The molecule has 2 N–H and O–H groups in total. The fourth-order valence-corrected chi connectivity index (χ4v) is 3.97. The summed E-state index contributed by atoms with van der Waals surface area (Å²) < 4.78 is 63.1.